The highest BCUT2D eigenvalue weighted by molar-refractivity contribution is 7.80. The molecule has 0 atom stereocenters. The predicted octanol–water partition coefficient (Wildman–Crippen LogP) is 1.69. The normalized spacial score (nSPS) is 17.6. The molecule has 1 aromatic heterocycles. The Balaban J connectivity index is 2.13. The molecule has 6 heteroatoms. The van der Waals surface area contributed by atoms with Gasteiger partial charge in [-0.1, -0.05) is 25.1 Å². The molecule has 1 aliphatic carbocycles. The molecule has 1 fully saturated rings. The van der Waals surface area contributed by atoms with E-state index in [2.05, 4.69) is 10.4 Å². The van der Waals surface area contributed by atoms with Gasteiger partial charge in [-0.3, -0.25) is 9.48 Å². The van der Waals surface area contributed by atoms with E-state index in [0.717, 1.165) is 32.2 Å². The summed E-state index contributed by atoms with van der Waals surface area (Å²) in [4.78, 5) is 12.7. The van der Waals surface area contributed by atoms with E-state index >= 15 is 0 Å². The Morgan fingerprint density at radius 1 is 1.61 bits per heavy atom. The van der Waals surface area contributed by atoms with E-state index in [1.165, 1.54) is 0 Å². The van der Waals surface area contributed by atoms with Crippen LogP contribution < -0.4 is 11.1 Å². The van der Waals surface area contributed by atoms with Gasteiger partial charge in [-0.2, -0.15) is 5.10 Å². The summed E-state index contributed by atoms with van der Waals surface area (Å²) in [6.45, 7) is 2.77. The zero-order valence-corrected chi connectivity index (χ0v) is 11.3. The second-order valence-electron chi connectivity index (χ2n) is 4.69. The molecular formula is C12H18N4OS. The maximum atomic E-state index is 12.4. The fraction of sp³-hybridized carbons (Fsp3) is 0.583. The second-order valence-corrected chi connectivity index (χ2v) is 5.13. The van der Waals surface area contributed by atoms with Crippen LogP contribution in [0.1, 0.15) is 32.6 Å². The summed E-state index contributed by atoms with van der Waals surface area (Å²) in [5.41, 5.74) is 5.80. The predicted molar refractivity (Wildman–Crippen MR) is 74.2 cm³/mol. The minimum Gasteiger partial charge on any atom is -0.392 e. The number of carbonyl (C=O) groups is 1. The molecule has 1 aliphatic rings. The summed E-state index contributed by atoms with van der Waals surface area (Å²) < 4.78 is 1.76. The van der Waals surface area contributed by atoms with Crippen LogP contribution in [0.2, 0.25) is 0 Å². The number of hydrogen-bond acceptors (Lipinski definition) is 3. The lowest BCUT2D eigenvalue weighted by Crippen LogP contribution is -2.43. The zero-order valence-electron chi connectivity index (χ0n) is 10.5. The first-order valence-electron chi connectivity index (χ1n) is 6.22. The van der Waals surface area contributed by atoms with E-state index in [1.807, 2.05) is 6.92 Å². The Bertz CT molecular complexity index is 462. The van der Waals surface area contributed by atoms with E-state index in [9.17, 15) is 4.79 Å². The molecule has 0 unspecified atom stereocenters. The maximum Gasteiger partial charge on any atom is 0.237 e. The zero-order chi connectivity index (χ0) is 13.2. The fourth-order valence-corrected chi connectivity index (χ4v) is 2.71. The van der Waals surface area contributed by atoms with E-state index in [1.54, 1.807) is 17.1 Å². The highest BCUT2D eigenvalue weighted by Gasteiger charge is 2.44. The monoisotopic (exact) mass is 266 g/mol. The van der Waals surface area contributed by atoms with Crippen molar-refractivity contribution in [1.82, 2.24) is 9.78 Å². The fourth-order valence-electron chi connectivity index (χ4n) is 2.42. The summed E-state index contributed by atoms with van der Waals surface area (Å²) >= 11 is 5.08. The largest absolute Gasteiger partial charge is 0.392 e. The molecule has 0 bridgehead atoms. The molecule has 0 aliphatic heterocycles. The molecule has 5 nitrogen and oxygen atoms in total. The molecule has 1 saturated carbocycles. The number of aryl methyl sites for hydroxylation is 1. The summed E-state index contributed by atoms with van der Waals surface area (Å²) in [6.07, 6.45) is 6.94. The lowest BCUT2D eigenvalue weighted by Gasteiger charge is -2.25. The van der Waals surface area contributed by atoms with E-state index in [-0.39, 0.29) is 5.91 Å². The Morgan fingerprint density at radius 3 is 2.78 bits per heavy atom. The van der Waals surface area contributed by atoms with Gasteiger partial charge in [0.15, 0.2) is 0 Å². The third kappa shape index (κ3) is 2.25. The molecule has 0 radical (unpaired) electrons. The first kappa shape index (κ1) is 13.0. The topological polar surface area (TPSA) is 72.9 Å². The average molecular weight is 266 g/mol. The first-order chi connectivity index (χ1) is 8.58. The number of rotatable bonds is 4. The van der Waals surface area contributed by atoms with Crippen LogP contribution in [-0.4, -0.2) is 20.7 Å². The van der Waals surface area contributed by atoms with Gasteiger partial charge in [0.1, 0.15) is 0 Å². The highest BCUT2D eigenvalue weighted by atomic mass is 32.1. The lowest BCUT2D eigenvalue weighted by atomic mass is 9.85. The van der Waals surface area contributed by atoms with Crippen molar-refractivity contribution in [1.29, 1.82) is 0 Å². The van der Waals surface area contributed by atoms with Crippen molar-refractivity contribution >= 4 is 28.8 Å². The van der Waals surface area contributed by atoms with Gasteiger partial charge in [0.2, 0.25) is 5.91 Å². The number of nitrogens with zero attached hydrogens (tertiary/aromatic N) is 2. The van der Waals surface area contributed by atoms with Crippen LogP contribution in [0.5, 0.6) is 0 Å². The molecular weight excluding hydrogens is 248 g/mol. The van der Waals surface area contributed by atoms with Crippen LogP contribution in [0.4, 0.5) is 5.69 Å². The number of amides is 1. The van der Waals surface area contributed by atoms with Crippen LogP contribution >= 0.6 is 12.2 Å². The van der Waals surface area contributed by atoms with E-state index < -0.39 is 5.41 Å². The van der Waals surface area contributed by atoms with Crippen molar-refractivity contribution in [2.45, 2.75) is 39.2 Å². The minimum atomic E-state index is -0.663. The van der Waals surface area contributed by atoms with Crippen LogP contribution in [0.25, 0.3) is 0 Å². The smallest absolute Gasteiger partial charge is 0.237 e. The number of anilines is 1. The van der Waals surface area contributed by atoms with Crippen molar-refractivity contribution in [2.24, 2.45) is 11.1 Å². The molecule has 0 aromatic carbocycles. The molecule has 1 heterocycles. The summed E-state index contributed by atoms with van der Waals surface area (Å²) in [5, 5.41) is 6.99. The highest BCUT2D eigenvalue weighted by Crippen LogP contribution is 2.39. The SMILES string of the molecule is CCn1cc(NC(=O)C2(C(N)=S)CCCC2)cn1. The van der Waals surface area contributed by atoms with Crippen LogP contribution in [0, 0.1) is 5.41 Å². The maximum absolute atomic E-state index is 12.4. The third-order valence-electron chi connectivity index (χ3n) is 3.58. The Labute approximate surface area is 112 Å². The number of aromatic nitrogens is 2. The van der Waals surface area contributed by atoms with Gasteiger partial charge in [0, 0.05) is 12.7 Å². The Kier molecular flexibility index (Phi) is 3.65. The van der Waals surface area contributed by atoms with Gasteiger partial charge in [-0.25, -0.2) is 0 Å². The van der Waals surface area contributed by atoms with Crippen molar-refractivity contribution in [3.8, 4) is 0 Å². The number of carbonyl (C=O) groups excluding carboxylic acids is 1. The van der Waals surface area contributed by atoms with Crippen LogP contribution in [0.3, 0.4) is 0 Å². The van der Waals surface area contributed by atoms with Crippen molar-refractivity contribution in [3.05, 3.63) is 12.4 Å². The van der Waals surface area contributed by atoms with Gasteiger partial charge in [-0.15, -0.1) is 0 Å². The molecule has 0 spiro atoms. The van der Waals surface area contributed by atoms with Gasteiger partial charge < -0.3 is 11.1 Å². The molecule has 1 aromatic rings. The quantitative estimate of drug-likeness (QED) is 0.813. The van der Waals surface area contributed by atoms with Crippen molar-refractivity contribution in [3.63, 3.8) is 0 Å². The second kappa shape index (κ2) is 5.06. The molecule has 1 amide bonds. The van der Waals surface area contributed by atoms with Crippen LogP contribution in [0.15, 0.2) is 12.4 Å². The standard InChI is InChI=1S/C12H18N4OS/c1-2-16-8-9(7-14-16)15-11(17)12(10(13)18)5-3-4-6-12/h7-8H,2-6H2,1H3,(H2,13,18)(H,15,17). The van der Waals surface area contributed by atoms with Gasteiger partial charge >= 0.3 is 0 Å². The van der Waals surface area contributed by atoms with Crippen molar-refractivity contribution in [2.75, 3.05) is 5.32 Å². The molecule has 2 rings (SSSR count). The summed E-state index contributed by atoms with van der Waals surface area (Å²) in [6, 6.07) is 0. The third-order valence-corrected chi connectivity index (χ3v) is 3.97. The Morgan fingerprint density at radius 2 is 2.28 bits per heavy atom. The average Bonchev–Trinajstić information content (AvgIpc) is 2.97. The number of nitrogens with one attached hydrogen (secondary N) is 1. The number of thiocarbonyl (C=S) groups is 1. The minimum absolute atomic E-state index is 0.0943. The van der Waals surface area contributed by atoms with Gasteiger partial charge in [0.05, 0.1) is 22.3 Å². The molecule has 18 heavy (non-hydrogen) atoms. The van der Waals surface area contributed by atoms with Gasteiger partial charge in [0.25, 0.3) is 0 Å². The summed E-state index contributed by atoms with van der Waals surface area (Å²) in [5.74, 6) is -0.0943. The molecule has 98 valence electrons. The van der Waals surface area contributed by atoms with Crippen LogP contribution in [-0.2, 0) is 11.3 Å². The number of hydrogen-bond donors (Lipinski definition) is 2. The van der Waals surface area contributed by atoms with Gasteiger partial charge in [-0.05, 0) is 19.8 Å². The van der Waals surface area contributed by atoms with E-state index in [4.69, 9.17) is 18.0 Å². The lowest BCUT2D eigenvalue weighted by molar-refractivity contribution is -0.122. The first-order valence-corrected chi connectivity index (χ1v) is 6.63. The summed E-state index contributed by atoms with van der Waals surface area (Å²) in [7, 11) is 0. The molecule has 0 saturated heterocycles. The van der Waals surface area contributed by atoms with Crippen molar-refractivity contribution < 1.29 is 4.79 Å². The number of nitrogens with two attached hydrogens (primary N) is 1. The Hall–Kier alpha value is -1.43. The molecule has 3 N–H and O–H groups in total. The van der Waals surface area contributed by atoms with E-state index in [0.29, 0.717) is 10.7 Å².